The van der Waals surface area contributed by atoms with Gasteiger partial charge in [0.05, 0.1) is 11.3 Å². The van der Waals surface area contributed by atoms with Gasteiger partial charge in [-0.25, -0.2) is 9.48 Å². The summed E-state index contributed by atoms with van der Waals surface area (Å²) in [6, 6.07) is 12.3. The summed E-state index contributed by atoms with van der Waals surface area (Å²) < 4.78 is 6.75. The van der Waals surface area contributed by atoms with Crippen LogP contribution in [0.25, 0.3) is 5.69 Å². The number of ether oxygens (including phenoxy) is 1. The van der Waals surface area contributed by atoms with Crippen molar-refractivity contribution in [3.05, 3.63) is 65.5 Å². The summed E-state index contributed by atoms with van der Waals surface area (Å²) in [6.45, 7) is 5.35. The lowest BCUT2D eigenvalue weighted by atomic mass is 10.1. The Morgan fingerprint density at radius 2 is 1.74 bits per heavy atom. The number of aryl methyl sites for hydroxylation is 2. The van der Waals surface area contributed by atoms with Crippen LogP contribution in [-0.4, -0.2) is 38.2 Å². The van der Waals surface area contributed by atoms with Crippen LogP contribution in [0, 0.1) is 13.8 Å². The van der Waals surface area contributed by atoms with E-state index in [0.717, 1.165) is 16.8 Å². The zero-order valence-electron chi connectivity index (χ0n) is 15.2. The van der Waals surface area contributed by atoms with Crippen LogP contribution in [0.4, 0.5) is 5.69 Å². The lowest BCUT2D eigenvalue weighted by Crippen LogP contribution is -2.30. The number of anilines is 1. The number of nitrogens with one attached hydrogen (secondary N) is 1. The number of aromatic nitrogens is 4. The van der Waals surface area contributed by atoms with E-state index in [1.807, 2.05) is 32.0 Å². The average Bonchev–Trinajstić information content (AvgIpc) is 3.19. The molecule has 0 radical (unpaired) electrons. The molecule has 1 amide bonds. The molecule has 0 saturated heterocycles. The highest BCUT2D eigenvalue weighted by atomic mass is 16.5. The number of para-hydroxylation sites is 1. The van der Waals surface area contributed by atoms with Gasteiger partial charge >= 0.3 is 5.97 Å². The predicted molar refractivity (Wildman–Crippen MR) is 98.6 cm³/mol. The van der Waals surface area contributed by atoms with Crippen LogP contribution in [0.3, 0.4) is 0 Å². The zero-order valence-corrected chi connectivity index (χ0v) is 15.2. The SMILES string of the molecule is Cc1cccc(C)c1NC(=O)[C@H](C)OC(=O)c1ccc(-n2cnnn2)cc1. The summed E-state index contributed by atoms with van der Waals surface area (Å²) in [5, 5.41) is 13.7. The third kappa shape index (κ3) is 4.17. The number of nitrogens with zero attached hydrogens (tertiary/aromatic N) is 4. The molecule has 0 aliphatic heterocycles. The van der Waals surface area contributed by atoms with Crippen LogP contribution in [0.15, 0.2) is 48.8 Å². The lowest BCUT2D eigenvalue weighted by Gasteiger charge is -2.16. The molecule has 1 aromatic heterocycles. The Morgan fingerprint density at radius 1 is 1.07 bits per heavy atom. The van der Waals surface area contributed by atoms with Gasteiger partial charge in [-0.3, -0.25) is 4.79 Å². The number of carbonyl (C=O) groups is 2. The lowest BCUT2D eigenvalue weighted by molar-refractivity contribution is -0.123. The fraction of sp³-hybridized carbons (Fsp3) is 0.211. The molecule has 0 aliphatic rings. The van der Waals surface area contributed by atoms with E-state index in [9.17, 15) is 9.59 Å². The van der Waals surface area contributed by atoms with Gasteiger partial charge in [-0.1, -0.05) is 18.2 Å². The van der Waals surface area contributed by atoms with E-state index in [4.69, 9.17) is 4.74 Å². The number of amides is 1. The Kier molecular flexibility index (Phi) is 5.25. The molecule has 8 nitrogen and oxygen atoms in total. The van der Waals surface area contributed by atoms with Gasteiger partial charge in [0.15, 0.2) is 6.10 Å². The molecule has 3 rings (SSSR count). The first-order valence-electron chi connectivity index (χ1n) is 8.37. The second-order valence-corrected chi connectivity index (χ2v) is 6.10. The smallest absolute Gasteiger partial charge is 0.338 e. The topological polar surface area (TPSA) is 99.0 Å². The Bertz CT molecular complexity index is 932. The molecule has 8 heteroatoms. The minimum atomic E-state index is -0.935. The molecule has 0 fully saturated rings. The van der Waals surface area contributed by atoms with Crippen LogP contribution in [-0.2, 0) is 9.53 Å². The first-order valence-corrected chi connectivity index (χ1v) is 8.37. The molecule has 0 unspecified atom stereocenters. The Hall–Kier alpha value is -3.55. The van der Waals surface area contributed by atoms with E-state index < -0.39 is 12.1 Å². The van der Waals surface area contributed by atoms with Crippen molar-refractivity contribution in [3.8, 4) is 5.69 Å². The molecular formula is C19H19N5O3. The van der Waals surface area contributed by atoms with Crippen molar-refractivity contribution >= 4 is 17.6 Å². The Balaban J connectivity index is 1.64. The van der Waals surface area contributed by atoms with E-state index >= 15 is 0 Å². The molecular weight excluding hydrogens is 346 g/mol. The number of carbonyl (C=O) groups excluding carboxylic acids is 2. The predicted octanol–water partition coefficient (Wildman–Crippen LogP) is 2.46. The number of hydrogen-bond acceptors (Lipinski definition) is 6. The number of hydrogen-bond donors (Lipinski definition) is 1. The highest BCUT2D eigenvalue weighted by Crippen LogP contribution is 2.20. The molecule has 1 N–H and O–H groups in total. The largest absolute Gasteiger partial charge is 0.449 e. The first kappa shape index (κ1) is 18.2. The zero-order chi connectivity index (χ0) is 19.4. The maximum absolute atomic E-state index is 12.4. The summed E-state index contributed by atoms with van der Waals surface area (Å²) in [7, 11) is 0. The fourth-order valence-corrected chi connectivity index (χ4v) is 2.55. The first-order chi connectivity index (χ1) is 13.0. The van der Waals surface area contributed by atoms with Gasteiger partial charge in [-0.05, 0) is 66.6 Å². The van der Waals surface area contributed by atoms with Crippen LogP contribution in [0.1, 0.15) is 28.4 Å². The number of benzene rings is 2. The van der Waals surface area contributed by atoms with E-state index in [1.54, 1.807) is 24.3 Å². The molecule has 2 aromatic carbocycles. The highest BCUT2D eigenvalue weighted by Gasteiger charge is 2.20. The minimum absolute atomic E-state index is 0.332. The summed E-state index contributed by atoms with van der Waals surface area (Å²) in [5.41, 5.74) is 3.66. The van der Waals surface area contributed by atoms with Crippen molar-refractivity contribution in [1.29, 1.82) is 0 Å². The van der Waals surface area contributed by atoms with E-state index in [-0.39, 0.29) is 5.91 Å². The van der Waals surface area contributed by atoms with Gasteiger partial charge in [-0.2, -0.15) is 0 Å². The van der Waals surface area contributed by atoms with Crippen molar-refractivity contribution in [1.82, 2.24) is 20.2 Å². The molecule has 1 heterocycles. The van der Waals surface area contributed by atoms with Gasteiger partial charge < -0.3 is 10.1 Å². The molecule has 0 saturated carbocycles. The maximum atomic E-state index is 12.4. The molecule has 1 atom stereocenters. The van der Waals surface area contributed by atoms with Gasteiger partial charge in [-0.15, -0.1) is 5.10 Å². The summed E-state index contributed by atoms with van der Waals surface area (Å²) in [6.07, 6.45) is 0.517. The molecule has 27 heavy (non-hydrogen) atoms. The average molecular weight is 365 g/mol. The van der Waals surface area contributed by atoms with Gasteiger partial charge in [0, 0.05) is 5.69 Å². The standard InChI is InChI=1S/C19H19N5O3/c1-12-5-4-6-13(2)17(12)21-18(25)14(3)27-19(26)15-7-9-16(10-8-15)24-11-20-22-23-24/h4-11,14H,1-3H3,(H,21,25)/t14-/m0/s1. The van der Waals surface area contributed by atoms with Gasteiger partial charge in [0.1, 0.15) is 6.33 Å². The quantitative estimate of drug-likeness (QED) is 0.697. The van der Waals surface area contributed by atoms with Crippen LogP contribution < -0.4 is 5.32 Å². The minimum Gasteiger partial charge on any atom is -0.449 e. The molecule has 0 spiro atoms. The summed E-state index contributed by atoms with van der Waals surface area (Å²) in [5.74, 6) is -0.964. The van der Waals surface area contributed by atoms with Crippen molar-refractivity contribution in [2.75, 3.05) is 5.32 Å². The normalized spacial score (nSPS) is 11.7. The van der Waals surface area contributed by atoms with E-state index in [0.29, 0.717) is 11.3 Å². The fourth-order valence-electron chi connectivity index (χ4n) is 2.55. The van der Waals surface area contributed by atoms with Crippen molar-refractivity contribution < 1.29 is 14.3 Å². The van der Waals surface area contributed by atoms with Gasteiger partial charge in [0.25, 0.3) is 5.91 Å². The third-order valence-corrected chi connectivity index (χ3v) is 4.10. The van der Waals surface area contributed by atoms with Crippen molar-refractivity contribution in [2.45, 2.75) is 26.9 Å². The summed E-state index contributed by atoms with van der Waals surface area (Å²) >= 11 is 0. The van der Waals surface area contributed by atoms with Crippen molar-refractivity contribution in [2.24, 2.45) is 0 Å². The van der Waals surface area contributed by atoms with Crippen molar-refractivity contribution in [3.63, 3.8) is 0 Å². The summed E-state index contributed by atoms with van der Waals surface area (Å²) in [4.78, 5) is 24.7. The molecule has 0 bridgehead atoms. The Labute approximate surface area is 156 Å². The monoisotopic (exact) mass is 365 g/mol. The van der Waals surface area contributed by atoms with E-state index in [1.165, 1.54) is 17.9 Å². The van der Waals surface area contributed by atoms with Crippen LogP contribution in [0.2, 0.25) is 0 Å². The van der Waals surface area contributed by atoms with Crippen LogP contribution >= 0.6 is 0 Å². The molecule has 0 aliphatic carbocycles. The van der Waals surface area contributed by atoms with E-state index in [2.05, 4.69) is 20.8 Å². The molecule has 138 valence electrons. The second kappa shape index (κ2) is 7.77. The Morgan fingerprint density at radius 3 is 2.33 bits per heavy atom. The number of tetrazole rings is 1. The maximum Gasteiger partial charge on any atom is 0.338 e. The highest BCUT2D eigenvalue weighted by molar-refractivity contribution is 5.98. The van der Waals surface area contributed by atoms with Crippen LogP contribution in [0.5, 0.6) is 0 Å². The third-order valence-electron chi connectivity index (χ3n) is 4.10. The second-order valence-electron chi connectivity index (χ2n) is 6.10. The van der Waals surface area contributed by atoms with Gasteiger partial charge in [0.2, 0.25) is 0 Å². The number of rotatable bonds is 5. The number of esters is 1. The molecule has 3 aromatic rings.